The topological polar surface area (TPSA) is 62.5 Å². The van der Waals surface area contributed by atoms with Crippen molar-refractivity contribution in [3.8, 4) is 5.75 Å². The molecule has 0 aliphatic carbocycles. The number of aliphatic hydroxyl groups excluding tert-OH is 1. The van der Waals surface area contributed by atoms with E-state index in [-0.39, 0.29) is 18.1 Å². The Morgan fingerprint density at radius 3 is 2.55 bits per heavy atom. The number of nitrogens with zero attached hydrogens (tertiary/aromatic N) is 1. The molecule has 0 saturated heterocycles. The molecule has 4 nitrogen and oxygen atoms in total. The van der Waals surface area contributed by atoms with Crippen molar-refractivity contribution in [2.75, 3.05) is 6.61 Å². The number of carbonyl (C=O) groups is 1. The zero-order valence-corrected chi connectivity index (χ0v) is 12.3. The number of hydrogen-bond donors (Lipinski definition) is 2. The van der Waals surface area contributed by atoms with Gasteiger partial charge in [0.2, 0.25) is 0 Å². The van der Waals surface area contributed by atoms with Crippen LogP contribution in [0, 0.1) is 6.92 Å². The lowest BCUT2D eigenvalue weighted by atomic mass is 10.0. The van der Waals surface area contributed by atoms with Gasteiger partial charge in [-0.15, -0.1) is 0 Å². The summed E-state index contributed by atoms with van der Waals surface area (Å²) in [5.74, 6) is 0.0427. The molecule has 1 aromatic heterocycles. The average Bonchev–Trinajstić information content (AvgIpc) is 2.80. The van der Waals surface area contributed by atoms with Crippen LogP contribution in [0.4, 0.5) is 0 Å². The van der Waals surface area contributed by atoms with Crippen LogP contribution in [0.25, 0.3) is 10.9 Å². The molecule has 2 aromatic carbocycles. The number of aromatic hydroxyl groups is 1. The maximum atomic E-state index is 12.9. The Balaban J connectivity index is 2.26. The Morgan fingerprint density at radius 2 is 1.86 bits per heavy atom. The van der Waals surface area contributed by atoms with E-state index in [1.165, 1.54) is 0 Å². The second-order valence-corrected chi connectivity index (χ2v) is 5.23. The molecule has 22 heavy (non-hydrogen) atoms. The normalized spacial score (nSPS) is 11.0. The van der Waals surface area contributed by atoms with E-state index < -0.39 is 0 Å². The summed E-state index contributed by atoms with van der Waals surface area (Å²) >= 11 is 0. The van der Waals surface area contributed by atoms with Gasteiger partial charge in [0.15, 0.2) is 5.78 Å². The maximum Gasteiger partial charge on any atom is 0.195 e. The first-order valence-corrected chi connectivity index (χ1v) is 7.16. The summed E-state index contributed by atoms with van der Waals surface area (Å²) < 4.78 is 1.91. The summed E-state index contributed by atoms with van der Waals surface area (Å²) in [7, 11) is 0. The molecular formula is C18H17NO3. The highest BCUT2D eigenvalue weighted by molar-refractivity contribution is 6.17. The number of hydrogen-bond acceptors (Lipinski definition) is 3. The van der Waals surface area contributed by atoms with Gasteiger partial charge in [0.1, 0.15) is 5.75 Å². The van der Waals surface area contributed by atoms with Crippen LogP contribution in [0.5, 0.6) is 5.75 Å². The molecule has 0 saturated carbocycles. The summed E-state index contributed by atoms with van der Waals surface area (Å²) in [4.78, 5) is 12.9. The Morgan fingerprint density at radius 1 is 1.14 bits per heavy atom. The summed E-state index contributed by atoms with van der Waals surface area (Å²) in [5.41, 5.74) is 2.81. The molecule has 1 heterocycles. The SMILES string of the molecule is Cc1c(C(=O)c2ccccc2)c2cc(O)ccc2n1CCO. The van der Waals surface area contributed by atoms with Crippen molar-refractivity contribution in [3.63, 3.8) is 0 Å². The molecule has 0 radical (unpaired) electrons. The molecule has 0 spiro atoms. The lowest BCUT2D eigenvalue weighted by Gasteiger charge is -2.06. The smallest absolute Gasteiger partial charge is 0.195 e. The Bertz CT molecular complexity index is 834. The van der Waals surface area contributed by atoms with E-state index in [9.17, 15) is 15.0 Å². The molecule has 0 aliphatic heterocycles. The van der Waals surface area contributed by atoms with Gasteiger partial charge in [-0.2, -0.15) is 0 Å². The predicted octanol–water partition coefficient (Wildman–Crippen LogP) is 2.88. The quantitative estimate of drug-likeness (QED) is 0.728. The fourth-order valence-electron chi connectivity index (χ4n) is 2.88. The second-order valence-electron chi connectivity index (χ2n) is 5.23. The van der Waals surface area contributed by atoms with E-state index in [1.54, 1.807) is 30.3 Å². The monoisotopic (exact) mass is 295 g/mol. The summed E-state index contributed by atoms with van der Waals surface area (Å²) in [6, 6.07) is 14.0. The zero-order valence-electron chi connectivity index (χ0n) is 12.3. The standard InChI is InChI=1S/C18H17NO3/c1-12-17(18(22)13-5-3-2-4-6-13)15-11-14(21)7-8-16(15)19(12)9-10-20/h2-8,11,20-21H,9-10H2,1H3. The van der Waals surface area contributed by atoms with Gasteiger partial charge in [-0.1, -0.05) is 30.3 Å². The molecule has 2 N–H and O–H groups in total. The highest BCUT2D eigenvalue weighted by atomic mass is 16.3. The van der Waals surface area contributed by atoms with Crippen LogP contribution in [0.3, 0.4) is 0 Å². The fourth-order valence-corrected chi connectivity index (χ4v) is 2.88. The average molecular weight is 295 g/mol. The lowest BCUT2D eigenvalue weighted by Crippen LogP contribution is -2.07. The zero-order chi connectivity index (χ0) is 15.7. The molecule has 0 amide bonds. The fraction of sp³-hybridized carbons (Fsp3) is 0.167. The van der Waals surface area contributed by atoms with Crippen LogP contribution in [-0.2, 0) is 6.54 Å². The van der Waals surface area contributed by atoms with Gasteiger partial charge in [-0.3, -0.25) is 4.79 Å². The van der Waals surface area contributed by atoms with Crippen LogP contribution >= 0.6 is 0 Å². The van der Waals surface area contributed by atoms with Crippen molar-refractivity contribution >= 4 is 16.7 Å². The first kappa shape index (κ1) is 14.4. The van der Waals surface area contributed by atoms with Crippen molar-refractivity contribution in [2.45, 2.75) is 13.5 Å². The van der Waals surface area contributed by atoms with Gasteiger partial charge >= 0.3 is 0 Å². The van der Waals surface area contributed by atoms with Crippen molar-refractivity contribution in [2.24, 2.45) is 0 Å². The molecular weight excluding hydrogens is 278 g/mol. The number of phenols is 1. The molecule has 112 valence electrons. The third-order valence-corrected chi connectivity index (χ3v) is 3.89. The molecule has 3 rings (SSSR count). The minimum Gasteiger partial charge on any atom is -0.508 e. The first-order chi connectivity index (χ1) is 10.6. The van der Waals surface area contributed by atoms with Gasteiger partial charge in [-0.25, -0.2) is 0 Å². The van der Waals surface area contributed by atoms with E-state index in [2.05, 4.69) is 0 Å². The minimum absolute atomic E-state index is 0.00946. The van der Waals surface area contributed by atoms with Gasteiger partial charge in [0.25, 0.3) is 0 Å². The van der Waals surface area contributed by atoms with Gasteiger partial charge in [0.05, 0.1) is 12.2 Å². The van der Waals surface area contributed by atoms with Crippen LogP contribution in [-0.4, -0.2) is 27.2 Å². The highest BCUT2D eigenvalue weighted by Crippen LogP contribution is 2.30. The largest absolute Gasteiger partial charge is 0.508 e. The number of ketones is 1. The molecule has 0 atom stereocenters. The van der Waals surface area contributed by atoms with Crippen molar-refractivity contribution in [3.05, 3.63) is 65.4 Å². The van der Waals surface area contributed by atoms with E-state index in [4.69, 9.17) is 0 Å². The van der Waals surface area contributed by atoms with Crippen LogP contribution in [0.2, 0.25) is 0 Å². The number of fused-ring (bicyclic) bond motifs is 1. The highest BCUT2D eigenvalue weighted by Gasteiger charge is 2.21. The molecule has 4 heteroatoms. The summed E-state index contributed by atoms with van der Waals surface area (Å²) in [6.07, 6.45) is 0. The number of rotatable bonds is 4. The minimum atomic E-state index is -0.0783. The molecule has 3 aromatic rings. The molecule has 0 unspecified atom stereocenters. The van der Waals surface area contributed by atoms with Crippen molar-refractivity contribution in [1.29, 1.82) is 0 Å². The van der Waals surface area contributed by atoms with Crippen molar-refractivity contribution < 1.29 is 15.0 Å². The second kappa shape index (κ2) is 5.66. The number of phenolic OH excluding ortho intramolecular Hbond substituents is 1. The number of aliphatic hydroxyl groups is 1. The van der Waals surface area contributed by atoms with Gasteiger partial charge in [0, 0.05) is 28.7 Å². The maximum absolute atomic E-state index is 12.9. The number of aromatic nitrogens is 1. The Kier molecular flexibility index (Phi) is 3.69. The van der Waals surface area contributed by atoms with E-state index in [0.717, 1.165) is 11.2 Å². The Labute approximate surface area is 128 Å². The van der Waals surface area contributed by atoms with E-state index in [1.807, 2.05) is 29.7 Å². The number of carbonyl (C=O) groups excluding carboxylic acids is 1. The first-order valence-electron chi connectivity index (χ1n) is 7.16. The van der Waals surface area contributed by atoms with Crippen LogP contribution in [0.15, 0.2) is 48.5 Å². The van der Waals surface area contributed by atoms with Crippen molar-refractivity contribution in [1.82, 2.24) is 4.57 Å². The molecule has 0 bridgehead atoms. The summed E-state index contributed by atoms with van der Waals surface area (Å²) in [5, 5.41) is 19.7. The van der Waals surface area contributed by atoms with Gasteiger partial charge in [-0.05, 0) is 25.1 Å². The van der Waals surface area contributed by atoms with Crippen LogP contribution < -0.4 is 0 Å². The lowest BCUT2D eigenvalue weighted by molar-refractivity contribution is 0.103. The Hall–Kier alpha value is -2.59. The molecule has 0 fully saturated rings. The van der Waals surface area contributed by atoms with E-state index >= 15 is 0 Å². The predicted molar refractivity (Wildman–Crippen MR) is 85.3 cm³/mol. The van der Waals surface area contributed by atoms with Crippen LogP contribution in [0.1, 0.15) is 21.6 Å². The molecule has 0 aliphatic rings. The summed E-state index contributed by atoms with van der Waals surface area (Å²) in [6.45, 7) is 2.27. The third kappa shape index (κ3) is 2.27. The van der Waals surface area contributed by atoms with E-state index in [0.29, 0.717) is 23.1 Å². The number of benzene rings is 2. The van der Waals surface area contributed by atoms with Gasteiger partial charge < -0.3 is 14.8 Å². The third-order valence-electron chi connectivity index (χ3n) is 3.89.